The SMILES string of the molecule is Cc1ccc(C=NNC(=O)c2cn[nH]c2[N+](=O)[O-])o1. The summed E-state index contributed by atoms with van der Waals surface area (Å²) in [6, 6.07) is 3.41. The molecule has 0 spiro atoms. The first-order valence-corrected chi connectivity index (χ1v) is 5.15. The number of carbonyl (C=O) groups excluding carboxylic acids is 1. The molecule has 0 aliphatic heterocycles. The lowest BCUT2D eigenvalue weighted by atomic mass is 10.3. The molecular formula is C10H9N5O4. The predicted molar refractivity (Wildman–Crippen MR) is 63.7 cm³/mol. The minimum absolute atomic E-state index is 0.197. The van der Waals surface area contributed by atoms with Gasteiger partial charge in [-0.15, -0.1) is 5.10 Å². The number of furan rings is 1. The zero-order chi connectivity index (χ0) is 13.8. The fourth-order valence-corrected chi connectivity index (χ4v) is 1.32. The molecule has 2 heterocycles. The standard InChI is InChI=1S/C10H9N5O4/c1-6-2-3-7(19-6)4-11-14-10(16)8-5-12-13-9(8)15(17)18/h2-5H,1H3,(H,12,13)(H,14,16). The Morgan fingerprint density at radius 2 is 2.42 bits per heavy atom. The lowest BCUT2D eigenvalue weighted by Gasteiger charge is -1.96. The number of carbonyl (C=O) groups is 1. The van der Waals surface area contributed by atoms with Crippen LogP contribution in [0, 0.1) is 17.0 Å². The van der Waals surface area contributed by atoms with Gasteiger partial charge in [-0.05, 0) is 24.0 Å². The number of hydrogen-bond donors (Lipinski definition) is 2. The molecule has 1 amide bonds. The van der Waals surface area contributed by atoms with Crippen molar-refractivity contribution >= 4 is 17.9 Å². The van der Waals surface area contributed by atoms with Crippen molar-refractivity contribution in [3.8, 4) is 0 Å². The number of nitro groups is 1. The van der Waals surface area contributed by atoms with Crippen LogP contribution in [0.3, 0.4) is 0 Å². The van der Waals surface area contributed by atoms with Crippen LogP contribution in [0.4, 0.5) is 5.82 Å². The lowest BCUT2D eigenvalue weighted by Crippen LogP contribution is -2.18. The second-order valence-electron chi connectivity index (χ2n) is 3.54. The summed E-state index contributed by atoms with van der Waals surface area (Å²) in [6.45, 7) is 1.77. The molecule has 0 atom stereocenters. The molecule has 0 unspecified atom stereocenters. The van der Waals surface area contributed by atoms with Gasteiger partial charge in [-0.3, -0.25) is 4.79 Å². The van der Waals surface area contributed by atoms with Gasteiger partial charge in [-0.2, -0.15) is 5.10 Å². The van der Waals surface area contributed by atoms with Crippen LogP contribution >= 0.6 is 0 Å². The van der Waals surface area contributed by atoms with Crippen LogP contribution in [-0.2, 0) is 0 Å². The molecular weight excluding hydrogens is 254 g/mol. The molecule has 2 aromatic heterocycles. The van der Waals surface area contributed by atoms with Gasteiger partial charge in [0, 0.05) is 0 Å². The summed E-state index contributed by atoms with van der Waals surface area (Å²) in [6.07, 6.45) is 2.34. The van der Waals surface area contributed by atoms with Crippen LogP contribution in [-0.4, -0.2) is 27.2 Å². The van der Waals surface area contributed by atoms with Gasteiger partial charge >= 0.3 is 5.82 Å². The third-order valence-electron chi connectivity index (χ3n) is 2.17. The highest BCUT2D eigenvalue weighted by Crippen LogP contribution is 2.12. The van der Waals surface area contributed by atoms with E-state index in [9.17, 15) is 14.9 Å². The van der Waals surface area contributed by atoms with Gasteiger partial charge in [-0.1, -0.05) is 5.10 Å². The lowest BCUT2D eigenvalue weighted by molar-refractivity contribution is -0.389. The van der Waals surface area contributed by atoms with Crippen LogP contribution in [0.15, 0.2) is 27.8 Å². The number of amides is 1. The van der Waals surface area contributed by atoms with E-state index in [2.05, 4.69) is 20.7 Å². The van der Waals surface area contributed by atoms with E-state index in [-0.39, 0.29) is 5.56 Å². The number of H-pyrrole nitrogens is 1. The molecule has 0 saturated carbocycles. The van der Waals surface area contributed by atoms with Crippen molar-refractivity contribution in [2.75, 3.05) is 0 Å². The maximum atomic E-state index is 11.6. The third-order valence-corrected chi connectivity index (χ3v) is 2.17. The van der Waals surface area contributed by atoms with Gasteiger partial charge in [0.25, 0.3) is 5.91 Å². The number of aromatic amines is 1. The summed E-state index contributed by atoms with van der Waals surface area (Å²) in [5.74, 6) is -0.0562. The van der Waals surface area contributed by atoms with Crippen molar-refractivity contribution in [3.63, 3.8) is 0 Å². The fourth-order valence-electron chi connectivity index (χ4n) is 1.32. The summed E-state index contributed by atoms with van der Waals surface area (Å²) in [5, 5.41) is 19.8. The molecule has 19 heavy (non-hydrogen) atoms. The summed E-state index contributed by atoms with van der Waals surface area (Å²) in [4.78, 5) is 21.5. The normalized spacial score (nSPS) is 10.8. The molecule has 0 aliphatic rings. The Labute approximate surface area is 106 Å². The average molecular weight is 263 g/mol. The van der Waals surface area contributed by atoms with Crippen molar-refractivity contribution in [1.82, 2.24) is 15.6 Å². The Morgan fingerprint density at radius 1 is 1.63 bits per heavy atom. The van der Waals surface area contributed by atoms with Crippen LogP contribution in [0.25, 0.3) is 0 Å². The number of hydrogen-bond acceptors (Lipinski definition) is 6. The van der Waals surface area contributed by atoms with Crippen molar-refractivity contribution in [1.29, 1.82) is 0 Å². The highest BCUT2D eigenvalue weighted by molar-refractivity contribution is 5.97. The van der Waals surface area contributed by atoms with Gasteiger partial charge in [0.1, 0.15) is 11.5 Å². The minimum atomic E-state index is -0.736. The van der Waals surface area contributed by atoms with E-state index in [4.69, 9.17) is 4.42 Å². The van der Waals surface area contributed by atoms with E-state index in [1.807, 2.05) is 0 Å². The van der Waals surface area contributed by atoms with Gasteiger partial charge in [0.2, 0.25) is 0 Å². The fraction of sp³-hybridized carbons (Fsp3) is 0.100. The molecule has 98 valence electrons. The number of nitrogens with one attached hydrogen (secondary N) is 2. The molecule has 0 fully saturated rings. The molecule has 9 heteroatoms. The highest BCUT2D eigenvalue weighted by Gasteiger charge is 2.21. The van der Waals surface area contributed by atoms with E-state index in [1.54, 1.807) is 19.1 Å². The molecule has 0 radical (unpaired) electrons. The minimum Gasteiger partial charge on any atom is -0.460 e. The maximum absolute atomic E-state index is 11.6. The molecule has 2 aromatic rings. The quantitative estimate of drug-likeness (QED) is 0.483. The summed E-state index contributed by atoms with van der Waals surface area (Å²) in [5.41, 5.74) is 1.95. The van der Waals surface area contributed by atoms with Crippen LogP contribution < -0.4 is 5.43 Å². The Bertz CT molecular complexity index is 642. The van der Waals surface area contributed by atoms with Crippen LogP contribution in [0.1, 0.15) is 21.9 Å². The third kappa shape index (κ3) is 2.83. The average Bonchev–Trinajstić information content (AvgIpc) is 2.97. The van der Waals surface area contributed by atoms with Crippen molar-refractivity contribution in [2.45, 2.75) is 6.92 Å². The van der Waals surface area contributed by atoms with Gasteiger partial charge in [-0.25, -0.2) is 5.43 Å². The second kappa shape index (κ2) is 5.12. The number of aromatic nitrogens is 2. The maximum Gasteiger partial charge on any atom is 0.355 e. The van der Waals surface area contributed by atoms with E-state index in [1.165, 1.54) is 6.21 Å². The zero-order valence-electron chi connectivity index (χ0n) is 9.78. The van der Waals surface area contributed by atoms with Crippen molar-refractivity contribution < 1.29 is 14.1 Å². The van der Waals surface area contributed by atoms with Crippen molar-refractivity contribution in [2.24, 2.45) is 5.10 Å². The number of hydrazone groups is 1. The summed E-state index contributed by atoms with van der Waals surface area (Å²) >= 11 is 0. The van der Waals surface area contributed by atoms with E-state index >= 15 is 0 Å². The zero-order valence-corrected chi connectivity index (χ0v) is 9.78. The topological polar surface area (TPSA) is 126 Å². The van der Waals surface area contributed by atoms with Crippen LogP contribution in [0.2, 0.25) is 0 Å². The van der Waals surface area contributed by atoms with Gasteiger partial charge < -0.3 is 14.5 Å². The summed E-state index contributed by atoms with van der Waals surface area (Å²) in [7, 11) is 0. The van der Waals surface area contributed by atoms with Gasteiger partial charge in [0.05, 0.1) is 12.4 Å². The summed E-state index contributed by atoms with van der Waals surface area (Å²) < 4.78 is 5.19. The second-order valence-corrected chi connectivity index (χ2v) is 3.54. The monoisotopic (exact) mass is 263 g/mol. The van der Waals surface area contributed by atoms with Gasteiger partial charge in [0.15, 0.2) is 5.56 Å². The molecule has 9 nitrogen and oxygen atoms in total. The Morgan fingerprint density at radius 3 is 3.05 bits per heavy atom. The molecule has 2 rings (SSSR count). The first-order chi connectivity index (χ1) is 9.08. The van der Waals surface area contributed by atoms with E-state index in [0.717, 1.165) is 6.20 Å². The molecule has 2 N–H and O–H groups in total. The molecule has 0 saturated heterocycles. The Hall–Kier alpha value is -2.97. The molecule has 0 aliphatic carbocycles. The number of nitrogens with zero attached hydrogens (tertiary/aromatic N) is 3. The Balaban J connectivity index is 2.03. The molecule has 0 bridgehead atoms. The smallest absolute Gasteiger partial charge is 0.355 e. The highest BCUT2D eigenvalue weighted by atomic mass is 16.6. The Kier molecular flexibility index (Phi) is 3.37. The molecule has 0 aromatic carbocycles. The first kappa shape index (κ1) is 12.5. The van der Waals surface area contributed by atoms with E-state index in [0.29, 0.717) is 11.5 Å². The predicted octanol–water partition coefficient (Wildman–Crippen LogP) is 0.983. The number of rotatable bonds is 4. The first-order valence-electron chi connectivity index (χ1n) is 5.15. The largest absolute Gasteiger partial charge is 0.460 e. The van der Waals surface area contributed by atoms with Crippen LogP contribution in [0.5, 0.6) is 0 Å². The number of aryl methyl sites for hydroxylation is 1. The van der Waals surface area contributed by atoms with Crippen molar-refractivity contribution in [3.05, 3.63) is 45.5 Å². The van der Waals surface area contributed by atoms with E-state index < -0.39 is 16.6 Å².